The topological polar surface area (TPSA) is 74.1 Å². The third kappa shape index (κ3) is 3.78. The second-order valence-corrected chi connectivity index (χ2v) is 5.80. The summed E-state index contributed by atoms with van der Waals surface area (Å²) >= 11 is 5.50. The van der Waals surface area contributed by atoms with Crippen LogP contribution >= 0.6 is 11.6 Å². The first-order valence-corrected chi connectivity index (χ1v) is 8.21. The lowest BCUT2D eigenvalue weighted by Crippen LogP contribution is -2.13. The van der Waals surface area contributed by atoms with E-state index in [0.29, 0.717) is 17.1 Å². The Labute approximate surface area is 150 Å². The molecule has 0 saturated carbocycles. The van der Waals surface area contributed by atoms with E-state index in [0.717, 1.165) is 16.3 Å². The molecule has 0 spiro atoms. The van der Waals surface area contributed by atoms with Crippen molar-refractivity contribution in [3.63, 3.8) is 0 Å². The van der Waals surface area contributed by atoms with Crippen molar-refractivity contribution in [3.05, 3.63) is 60.2 Å². The number of amides is 1. The Morgan fingerprint density at radius 1 is 1.08 bits per heavy atom. The van der Waals surface area contributed by atoms with Crippen molar-refractivity contribution in [2.24, 2.45) is 10.2 Å². The van der Waals surface area contributed by atoms with Gasteiger partial charge in [-0.1, -0.05) is 24.3 Å². The highest BCUT2D eigenvalue weighted by Crippen LogP contribution is 2.33. The Morgan fingerprint density at radius 2 is 1.84 bits per heavy atom. The number of fused-ring (bicyclic) bond motifs is 1. The fraction of sp³-hybridized carbons (Fsp3) is 0.105. The van der Waals surface area contributed by atoms with Crippen molar-refractivity contribution in [1.82, 2.24) is 0 Å². The maximum absolute atomic E-state index is 11.4. The number of nitrogens with one attached hydrogen (secondary N) is 1. The molecule has 3 rings (SSSR count). The van der Waals surface area contributed by atoms with Crippen molar-refractivity contribution in [3.8, 4) is 5.75 Å². The minimum Gasteiger partial charge on any atom is -0.507 e. The van der Waals surface area contributed by atoms with E-state index < -0.39 is 0 Å². The van der Waals surface area contributed by atoms with Gasteiger partial charge in [-0.15, -0.1) is 16.7 Å². The van der Waals surface area contributed by atoms with E-state index in [1.165, 1.54) is 0 Å². The number of hydrogen-bond acceptors (Lipinski definition) is 4. The van der Waals surface area contributed by atoms with E-state index in [2.05, 4.69) is 15.5 Å². The van der Waals surface area contributed by atoms with Gasteiger partial charge in [0.25, 0.3) is 0 Å². The van der Waals surface area contributed by atoms with E-state index in [1.54, 1.807) is 24.3 Å². The first-order valence-electron chi connectivity index (χ1n) is 7.67. The predicted octanol–water partition coefficient (Wildman–Crippen LogP) is 5.45. The largest absolute Gasteiger partial charge is 0.507 e. The number of benzene rings is 3. The highest BCUT2D eigenvalue weighted by Gasteiger charge is 2.06. The van der Waals surface area contributed by atoms with Crippen LogP contribution in [0.5, 0.6) is 5.75 Å². The van der Waals surface area contributed by atoms with Crippen LogP contribution in [-0.2, 0) is 4.79 Å². The molecule has 0 aliphatic carbocycles. The highest BCUT2D eigenvalue weighted by molar-refractivity contribution is 6.29. The maximum Gasteiger partial charge on any atom is 0.239 e. The van der Waals surface area contributed by atoms with Crippen LogP contribution in [0.2, 0.25) is 0 Å². The molecule has 0 aliphatic heterocycles. The number of aromatic hydroxyl groups is 1. The van der Waals surface area contributed by atoms with E-state index in [9.17, 15) is 9.90 Å². The Hall–Kier alpha value is -2.92. The van der Waals surface area contributed by atoms with Crippen molar-refractivity contribution in [1.29, 1.82) is 0 Å². The molecular formula is C19H16ClN3O2. The zero-order valence-corrected chi connectivity index (χ0v) is 14.3. The molecule has 3 aromatic carbocycles. The molecule has 25 heavy (non-hydrogen) atoms. The molecule has 0 aliphatic rings. The van der Waals surface area contributed by atoms with Crippen molar-refractivity contribution < 1.29 is 9.90 Å². The summed E-state index contributed by atoms with van der Waals surface area (Å²) in [6.45, 7) is 1.87. The standard InChI is InChI=1S/C19H16ClN3O2/c1-12-10-13(6-7-16(12)21-19(25)11-20)22-23-17-8-9-18(24)15-5-3-2-4-14(15)17/h2-10,24H,11H2,1H3,(H,21,25). The van der Waals surface area contributed by atoms with Crippen LogP contribution in [-0.4, -0.2) is 16.9 Å². The quantitative estimate of drug-likeness (QED) is 0.483. The molecule has 0 fully saturated rings. The van der Waals surface area contributed by atoms with Crippen LogP contribution in [0.1, 0.15) is 5.56 Å². The summed E-state index contributed by atoms with van der Waals surface area (Å²) < 4.78 is 0. The molecule has 1 amide bonds. The number of phenols is 1. The molecule has 0 aromatic heterocycles. The van der Waals surface area contributed by atoms with Gasteiger partial charge in [0.1, 0.15) is 11.6 Å². The van der Waals surface area contributed by atoms with Crippen LogP contribution in [0.4, 0.5) is 17.1 Å². The fourth-order valence-corrected chi connectivity index (χ4v) is 2.57. The first-order chi connectivity index (χ1) is 12.1. The Balaban J connectivity index is 1.89. The van der Waals surface area contributed by atoms with Gasteiger partial charge >= 0.3 is 0 Å². The second kappa shape index (κ2) is 7.32. The lowest BCUT2D eigenvalue weighted by atomic mass is 10.1. The van der Waals surface area contributed by atoms with E-state index in [4.69, 9.17) is 11.6 Å². The molecule has 0 unspecified atom stereocenters. The normalized spacial score (nSPS) is 11.1. The molecule has 0 saturated heterocycles. The van der Waals surface area contributed by atoms with E-state index in [1.807, 2.05) is 37.3 Å². The molecule has 0 bridgehead atoms. The van der Waals surface area contributed by atoms with Crippen molar-refractivity contribution in [2.45, 2.75) is 6.92 Å². The number of halogens is 1. The number of nitrogens with zero attached hydrogens (tertiary/aromatic N) is 2. The number of carbonyl (C=O) groups is 1. The molecule has 2 N–H and O–H groups in total. The van der Waals surface area contributed by atoms with Gasteiger partial charge in [0.15, 0.2) is 0 Å². The van der Waals surface area contributed by atoms with Crippen LogP contribution < -0.4 is 5.32 Å². The van der Waals surface area contributed by atoms with Crippen LogP contribution in [0, 0.1) is 6.92 Å². The third-order valence-corrected chi connectivity index (χ3v) is 4.00. The molecule has 3 aromatic rings. The Morgan fingerprint density at radius 3 is 2.56 bits per heavy atom. The molecule has 0 radical (unpaired) electrons. The highest BCUT2D eigenvalue weighted by atomic mass is 35.5. The second-order valence-electron chi connectivity index (χ2n) is 5.53. The fourth-order valence-electron chi connectivity index (χ4n) is 2.50. The summed E-state index contributed by atoms with van der Waals surface area (Å²) in [7, 11) is 0. The van der Waals surface area contributed by atoms with Crippen molar-refractivity contribution in [2.75, 3.05) is 11.2 Å². The number of azo groups is 1. The van der Waals surface area contributed by atoms with Gasteiger partial charge in [-0.05, 0) is 42.8 Å². The lowest BCUT2D eigenvalue weighted by molar-refractivity contribution is -0.113. The average molecular weight is 354 g/mol. The minimum atomic E-state index is -0.255. The summed E-state index contributed by atoms with van der Waals surface area (Å²) in [6, 6.07) is 16.2. The van der Waals surface area contributed by atoms with Gasteiger partial charge in [0, 0.05) is 16.5 Å². The number of carbonyl (C=O) groups excluding carboxylic acids is 1. The van der Waals surface area contributed by atoms with E-state index in [-0.39, 0.29) is 17.5 Å². The number of alkyl halides is 1. The van der Waals surface area contributed by atoms with Gasteiger partial charge in [0.2, 0.25) is 5.91 Å². The monoisotopic (exact) mass is 353 g/mol. The average Bonchev–Trinajstić information content (AvgIpc) is 2.63. The summed E-state index contributed by atoms with van der Waals surface area (Å²) in [4.78, 5) is 11.4. The Bertz CT molecular complexity index is 970. The SMILES string of the molecule is Cc1cc(N=Nc2ccc(O)c3ccccc23)ccc1NC(=O)CCl. The number of hydrogen-bond donors (Lipinski definition) is 2. The minimum absolute atomic E-state index is 0.0885. The van der Waals surface area contributed by atoms with E-state index >= 15 is 0 Å². The summed E-state index contributed by atoms with van der Waals surface area (Å²) in [5.74, 6) is -0.131. The predicted molar refractivity (Wildman–Crippen MR) is 100 cm³/mol. The zero-order chi connectivity index (χ0) is 17.8. The van der Waals surface area contributed by atoms with Gasteiger partial charge in [-0.2, -0.15) is 5.11 Å². The summed E-state index contributed by atoms with van der Waals surface area (Å²) in [6.07, 6.45) is 0. The molecular weight excluding hydrogens is 338 g/mol. The maximum atomic E-state index is 11.4. The van der Waals surface area contributed by atoms with Crippen LogP contribution in [0.15, 0.2) is 64.8 Å². The molecule has 0 heterocycles. The number of rotatable bonds is 4. The first kappa shape index (κ1) is 16.9. The van der Waals surface area contributed by atoms with Gasteiger partial charge in [0.05, 0.1) is 11.4 Å². The number of aryl methyl sites for hydroxylation is 1. The number of phenolic OH excluding ortho intramolecular Hbond substituents is 1. The third-order valence-electron chi connectivity index (χ3n) is 3.76. The van der Waals surface area contributed by atoms with Gasteiger partial charge in [-0.25, -0.2) is 0 Å². The molecule has 126 valence electrons. The smallest absolute Gasteiger partial charge is 0.239 e. The molecule has 6 heteroatoms. The van der Waals surface area contributed by atoms with Crippen LogP contribution in [0.25, 0.3) is 10.8 Å². The van der Waals surface area contributed by atoms with Gasteiger partial charge in [-0.3, -0.25) is 4.79 Å². The number of anilines is 1. The lowest BCUT2D eigenvalue weighted by Gasteiger charge is -2.07. The van der Waals surface area contributed by atoms with Gasteiger partial charge < -0.3 is 10.4 Å². The summed E-state index contributed by atoms with van der Waals surface area (Å²) in [5.41, 5.74) is 2.90. The molecule has 5 nitrogen and oxygen atoms in total. The van der Waals surface area contributed by atoms with Crippen LogP contribution in [0.3, 0.4) is 0 Å². The zero-order valence-electron chi connectivity index (χ0n) is 13.5. The van der Waals surface area contributed by atoms with Crippen molar-refractivity contribution >= 4 is 45.3 Å². The molecule has 0 atom stereocenters. The Kier molecular flexibility index (Phi) is 4.95. The summed E-state index contributed by atoms with van der Waals surface area (Å²) in [5, 5.41) is 22.8.